The van der Waals surface area contributed by atoms with E-state index in [9.17, 15) is 0 Å². The summed E-state index contributed by atoms with van der Waals surface area (Å²) in [4.78, 5) is 5.09. The summed E-state index contributed by atoms with van der Waals surface area (Å²) in [6.45, 7) is 0. The molecule has 77 valence electrons. The molecule has 1 unspecified atom stereocenters. The highest BCUT2D eigenvalue weighted by atomic mass is 32.2. The Morgan fingerprint density at radius 3 is 2.75 bits per heavy atom. The molecule has 2 aromatic rings. The third-order valence-electron chi connectivity index (χ3n) is 2.05. The van der Waals surface area contributed by atoms with E-state index in [4.69, 9.17) is 5.26 Å². The third kappa shape index (κ3) is 2.62. The molecule has 0 bridgehead atoms. The summed E-state index contributed by atoms with van der Waals surface area (Å²) in [7, 11) is 0. The summed E-state index contributed by atoms with van der Waals surface area (Å²) in [6.07, 6.45) is 3.44. The topological polar surface area (TPSA) is 36.7 Å². The Morgan fingerprint density at radius 2 is 2.12 bits per heavy atom. The van der Waals surface area contributed by atoms with Crippen molar-refractivity contribution in [1.82, 2.24) is 4.98 Å². The Morgan fingerprint density at radius 1 is 1.31 bits per heavy atom. The first kappa shape index (κ1) is 10.7. The van der Waals surface area contributed by atoms with Crippen LogP contribution < -0.4 is 0 Å². The number of hydrogen-bond donors (Lipinski definition) is 0. The number of hydrogen-bond acceptors (Lipinski definition) is 3. The minimum atomic E-state index is -0.212. The molecule has 0 aliphatic carbocycles. The highest BCUT2D eigenvalue weighted by Crippen LogP contribution is 2.33. The van der Waals surface area contributed by atoms with Crippen molar-refractivity contribution in [2.24, 2.45) is 0 Å². The number of benzene rings is 1. The van der Waals surface area contributed by atoms with E-state index >= 15 is 0 Å². The lowest BCUT2D eigenvalue weighted by molar-refractivity contribution is 1.16. The number of pyridine rings is 1. The molecule has 0 aliphatic heterocycles. The van der Waals surface area contributed by atoms with Crippen LogP contribution in [-0.4, -0.2) is 4.98 Å². The average molecular weight is 225 g/mol. The van der Waals surface area contributed by atoms with E-state index in [1.54, 1.807) is 12.4 Å². The SMILES string of the molecule is N#CC(Sc1cc[c]cc1)c1cccnc1. The maximum atomic E-state index is 9.13. The smallest absolute Gasteiger partial charge is 0.123 e. The van der Waals surface area contributed by atoms with Gasteiger partial charge in [-0.1, -0.05) is 18.2 Å². The van der Waals surface area contributed by atoms with Crippen LogP contribution in [0.25, 0.3) is 0 Å². The molecule has 1 atom stereocenters. The molecule has 2 rings (SSSR count). The lowest BCUT2D eigenvalue weighted by Gasteiger charge is -2.07. The summed E-state index contributed by atoms with van der Waals surface area (Å²) in [5.41, 5.74) is 0.933. The zero-order valence-corrected chi connectivity index (χ0v) is 9.32. The molecule has 0 saturated heterocycles. The van der Waals surface area contributed by atoms with E-state index in [2.05, 4.69) is 17.1 Å². The van der Waals surface area contributed by atoms with Crippen molar-refractivity contribution >= 4 is 11.8 Å². The van der Waals surface area contributed by atoms with E-state index in [1.807, 2.05) is 36.4 Å². The molecule has 0 aliphatic rings. The van der Waals surface area contributed by atoms with Gasteiger partial charge in [0.25, 0.3) is 0 Å². The Labute approximate surface area is 99.0 Å². The van der Waals surface area contributed by atoms with Gasteiger partial charge in [0, 0.05) is 17.3 Å². The Kier molecular flexibility index (Phi) is 3.58. The van der Waals surface area contributed by atoms with Crippen LogP contribution in [0, 0.1) is 17.4 Å². The minimum Gasteiger partial charge on any atom is -0.264 e. The standard InChI is InChI=1S/C13H9N2S/c14-9-13(11-5-4-8-15-10-11)16-12-6-2-1-3-7-12/h2-8,10,13H. The van der Waals surface area contributed by atoms with Gasteiger partial charge in [-0.15, -0.1) is 11.8 Å². The molecule has 0 fully saturated rings. The van der Waals surface area contributed by atoms with E-state index < -0.39 is 0 Å². The number of nitriles is 1. The van der Waals surface area contributed by atoms with Gasteiger partial charge >= 0.3 is 0 Å². The zero-order chi connectivity index (χ0) is 11.2. The fourth-order valence-electron chi connectivity index (χ4n) is 1.29. The predicted octanol–water partition coefficient (Wildman–Crippen LogP) is 3.24. The summed E-state index contributed by atoms with van der Waals surface area (Å²) in [5, 5.41) is 8.92. The summed E-state index contributed by atoms with van der Waals surface area (Å²) >= 11 is 1.52. The highest BCUT2D eigenvalue weighted by Gasteiger charge is 2.11. The number of thioether (sulfide) groups is 1. The van der Waals surface area contributed by atoms with Gasteiger partial charge in [0.15, 0.2) is 0 Å². The van der Waals surface area contributed by atoms with E-state index in [0.29, 0.717) is 0 Å². The number of nitrogens with zero attached hydrogens (tertiary/aromatic N) is 2. The Balaban J connectivity index is 2.17. The maximum absolute atomic E-state index is 9.13. The van der Waals surface area contributed by atoms with Crippen LogP contribution in [0.4, 0.5) is 0 Å². The third-order valence-corrected chi connectivity index (χ3v) is 3.20. The van der Waals surface area contributed by atoms with Crippen LogP contribution in [-0.2, 0) is 0 Å². The summed E-state index contributed by atoms with van der Waals surface area (Å²) in [6, 6.07) is 16.6. The molecule has 0 spiro atoms. The second kappa shape index (κ2) is 5.34. The van der Waals surface area contributed by atoms with Crippen molar-refractivity contribution < 1.29 is 0 Å². The molecule has 0 saturated carbocycles. The van der Waals surface area contributed by atoms with Crippen LogP contribution in [0.5, 0.6) is 0 Å². The molecule has 1 radical (unpaired) electrons. The van der Waals surface area contributed by atoms with Crippen molar-refractivity contribution in [1.29, 1.82) is 5.26 Å². The lowest BCUT2D eigenvalue weighted by Crippen LogP contribution is -1.90. The molecule has 1 aromatic heterocycles. The van der Waals surface area contributed by atoms with Crippen LogP contribution in [0.1, 0.15) is 10.8 Å². The van der Waals surface area contributed by atoms with Crippen molar-refractivity contribution in [2.75, 3.05) is 0 Å². The zero-order valence-electron chi connectivity index (χ0n) is 8.50. The molecule has 1 aromatic carbocycles. The first-order valence-electron chi connectivity index (χ1n) is 4.82. The Bertz CT molecular complexity index is 476. The van der Waals surface area contributed by atoms with Gasteiger partial charge in [0.1, 0.15) is 5.25 Å². The molecular weight excluding hydrogens is 216 g/mol. The number of rotatable bonds is 3. The first-order valence-corrected chi connectivity index (χ1v) is 5.70. The fraction of sp³-hybridized carbons (Fsp3) is 0.0769. The van der Waals surface area contributed by atoms with Gasteiger partial charge in [0.2, 0.25) is 0 Å². The highest BCUT2D eigenvalue weighted by molar-refractivity contribution is 7.99. The molecular formula is C13H9N2S. The van der Waals surface area contributed by atoms with Gasteiger partial charge in [-0.3, -0.25) is 4.98 Å². The molecule has 2 nitrogen and oxygen atoms in total. The first-order chi connectivity index (χ1) is 7.90. The Hall–Kier alpha value is -1.79. The van der Waals surface area contributed by atoms with Gasteiger partial charge in [-0.2, -0.15) is 5.26 Å². The van der Waals surface area contributed by atoms with Crippen molar-refractivity contribution in [3.63, 3.8) is 0 Å². The van der Waals surface area contributed by atoms with Crippen LogP contribution in [0.15, 0.2) is 53.7 Å². The van der Waals surface area contributed by atoms with Crippen molar-refractivity contribution in [2.45, 2.75) is 10.1 Å². The van der Waals surface area contributed by atoms with Crippen LogP contribution >= 0.6 is 11.8 Å². The average Bonchev–Trinajstić information content (AvgIpc) is 2.38. The van der Waals surface area contributed by atoms with Gasteiger partial charge in [-0.25, -0.2) is 0 Å². The maximum Gasteiger partial charge on any atom is 0.123 e. The number of aromatic nitrogens is 1. The normalized spacial score (nSPS) is 11.7. The molecule has 16 heavy (non-hydrogen) atoms. The van der Waals surface area contributed by atoms with Crippen LogP contribution in [0.2, 0.25) is 0 Å². The van der Waals surface area contributed by atoms with Crippen molar-refractivity contribution in [3.05, 3.63) is 60.4 Å². The summed E-state index contributed by atoms with van der Waals surface area (Å²) < 4.78 is 0. The second-order valence-corrected chi connectivity index (χ2v) is 4.33. The van der Waals surface area contributed by atoms with Gasteiger partial charge < -0.3 is 0 Å². The van der Waals surface area contributed by atoms with Gasteiger partial charge in [-0.05, 0) is 29.8 Å². The molecule has 3 heteroatoms. The second-order valence-electron chi connectivity index (χ2n) is 3.15. The largest absolute Gasteiger partial charge is 0.264 e. The van der Waals surface area contributed by atoms with E-state index in [-0.39, 0.29) is 5.25 Å². The lowest BCUT2D eigenvalue weighted by atomic mass is 10.2. The molecule has 0 N–H and O–H groups in total. The minimum absolute atomic E-state index is 0.212. The molecule has 0 amide bonds. The van der Waals surface area contributed by atoms with E-state index in [1.165, 1.54) is 11.8 Å². The molecule has 1 heterocycles. The van der Waals surface area contributed by atoms with Crippen molar-refractivity contribution in [3.8, 4) is 6.07 Å². The fourth-order valence-corrected chi connectivity index (χ4v) is 2.18. The van der Waals surface area contributed by atoms with Crippen LogP contribution in [0.3, 0.4) is 0 Å². The quantitative estimate of drug-likeness (QED) is 0.752. The monoisotopic (exact) mass is 225 g/mol. The summed E-state index contributed by atoms with van der Waals surface area (Å²) in [5.74, 6) is 0. The predicted molar refractivity (Wildman–Crippen MR) is 63.7 cm³/mol. The van der Waals surface area contributed by atoms with Gasteiger partial charge in [0.05, 0.1) is 6.07 Å². The van der Waals surface area contributed by atoms with E-state index in [0.717, 1.165) is 10.5 Å².